The highest BCUT2D eigenvalue weighted by Gasteiger charge is 2.30. The normalized spacial score (nSPS) is 11.8. The lowest BCUT2D eigenvalue weighted by molar-refractivity contribution is -0.137. The van der Waals surface area contributed by atoms with Gasteiger partial charge in [-0.1, -0.05) is 12.1 Å². The molecule has 168 valence electrons. The number of anilines is 1. The zero-order valence-corrected chi connectivity index (χ0v) is 17.8. The zero-order valence-electron chi connectivity index (χ0n) is 17.0. The summed E-state index contributed by atoms with van der Waals surface area (Å²) in [6.07, 6.45) is -2.35. The largest absolute Gasteiger partial charge is 0.416 e. The number of nitrogens with one attached hydrogen (secondary N) is 1. The molecular weight excluding hydrogens is 443 g/mol. The Kier molecular flexibility index (Phi) is 6.83. The molecule has 2 aromatic carbocycles. The van der Waals surface area contributed by atoms with Crippen molar-refractivity contribution in [2.45, 2.75) is 17.5 Å². The predicted molar refractivity (Wildman–Crippen MR) is 114 cm³/mol. The smallest absolute Gasteiger partial charge is 0.341 e. The van der Waals surface area contributed by atoms with Crippen molar-refractivity contribution in [1.29, 1.82) is 0 Å². The Morgan fingerprint density at radius 3 is 2.38 bits per heavy atom. The summed E-state index contributed by atoms with van der Waals surface area (Å²) in [4.78, 5) is 18.1. The van der Waals surface area contributed by atoms with Gasteiger partial charge in [0.25, 0.3) is 15.9 Å². The average molecular weight is 463 g/mol. The number of carbonyl (C=O) groups is 1. The fourth-order valence-corrected chi connectivity index (χ4v) is 3.95. The average Bonchev–Trinajstić information content (AvgIpc) is 2.77. The molecule has 1 heterocycles. The minimum Gasteiger partial charge on any atom is -0.341 e. The molecule has 3 aromatic rings. The van der Waals surface area contributed by atoms with Crippen molar-refractivity contribution in [3.8, 4) is 0 Å². The van der Waals surface area contributed by atoms with E-state index in [9.17, 15) is 26.4 Å². The molecule has 0 atom stereocenters. The number of alkyl halides is 3. The predicted octanol–water partition coefficient (Wildman–Crippen LogP) is 4.22. The van der Waals surface area contributed by atoms with Crippen LogP contribution in [0.3, 0.4) is 0 Å². The van der Waals surface area contributed by atoms with Crippen LogP contribution in [0.15, 0.2) is 77.8 Å². The molecule has 3 rings (SSSR count). The molecule has 10 heteroatoms. The van der Waals surface area contributed by atoms with Crippen LogP contribution in [0.5, 0.6) is 0 Å². The topological polar surface area (TPSA) is 79.4 Å². The standard InChI is InChI=1S/C22H20F3N3O3S/c1-28(14-12-18-6-2-3-13-26-18)21(29)16-8-10-20(11-9-16)32(30,31)27-19-7-4-5-17(15-19)22(23,24)25/h2-11,13,15,27H,12,14H2,1H3. The number of hydrogen-bond donors (Lipinski definition) is 1. The van der Waals surface area contributed by atoms with Crippen molar-refractivity contribution < 1.29 is 26.4 Å². The van der Waals surface area contributed by atoms with Gasteiger partial charge in [0, 0.05) is 43.2 Å². The van der Waals surface area contributed by atoms with Crippen molar-refractivity contribution in [2.24, 2.45) is 0 Å². The molecule has 0 fully saturated rings. The molecule has 1 N–H and O–H groups in total. The van der Waals surface area contributed by atoms with Crippen molar-refractivity contribution in [3.63, 3.8) is 0 Å². The van der Waals surface area contributed by atoms with E-state index in [-0.39, 0.29) is 22.1 Å². The second-order valence-corrected chi connectivity index (χ2v) is 8.69. The Labute approximate surface area is 183 Å². The highest BCUT2D eigenvalue weighted by atomic mass is 32.2. The maximum atomic E-state index is 12.8. The fraction of sp³-hybridized carbons (Fsp3) is 0.182. The first-order valence-corrected chi connectivity index (χ1v) is 11.0. The lowest BCUT2D eigenvalue weighted by Gasteiger charge is -2.17. The molecule has 0 radical (unpaired) electrons. The van der Waals surface area contributed by atoms with Gasteiger partial charge >= 0.3 is 6.18 Å². The second-order valence-electron chi connectivity index (χ2n) is 7.01. The summed E-state index contributed by atoms with van der Waals surface area (Å²) in [6, 6.07) is 14.6. The maximum absolute atomic E-state index is 12.8. The van der Waals surface area contributed by atoms with E-state index in [0.717, 1.165) is 17.8 Å². The van der Waals surface area contributed by atoms with E-state index in [1.54, 1.807) is 19.3 Å². The van der Waals surface area contributed by atoms with E-state index < -0.39 is 21.8 Å². The first-order valence-electron chi connectivity index (χ1n) is 9.52. The molecule has 0 bridgehead atoms. The van der Waals surface area contributed by atoms with Gasteiger partial charge in [-0.15, -0.1) is 0 Å². The van der Waals surface area contributed by atoms with Crippen LogP contribution >= 0.6 is 0 Å². The van der Waals surface area contributed by atoms with Gasteiger partial charge < -0.3 is 4.90 Å². The Morgan fingerprint density at radius 1 is 1.03 bits per heavy atom. The molecule has 32 heavy (non-hydrogen) atoms. The van der Waals surface area contributed by atoms with Crippen LogP contribution in [0.4, 0.5) is 18.9 Å². The Morgan fingerprint density at radius 2 is 1.75 bits per heavy atom. The minimum atomic E-state index is -4.59. The first-order chi connectivity index (χ1) is 15.1. The van der Waals surface area contributed by atoms with Gasteiger partial charge in [-0.3, -0.25) is 14.5 Å². The molecule has 0 aliphatic rings. The number of halogens is 3. The molecule has 0 aliphatic carbocycles. The maximum Gasteiger partial charge on any atom is 0.416 e. The summed E-state index contributed by atoms with van der Waals surface area (Å²) in [5, 5.41) is 0. The van der Waals surface area contributed by atoms with Crippen molar-refractivity contribution in [1.82, 2.24) is 9.88 Å². The van der Waals surface area contributed by atoms with Crippen molar-refractivity contribution in [3.05, 3.63) is 89.7 Å². The van der Waals surface area contributed by atoms with Gasteiger partial charge in [-0.05, 0) is 54.6 Å². The number of rotatable bonds is 7. The molecule has 1 amide bonds. The molecule has 0 saturated carbocycles. The number of aromatic nitrogens is 1. The lowest BCUT2D eigenvalue weighted by atomic mass is 10.2. The van der Waals surface area contributed by atoms with E-state index in [1.807, 2.05) is 12.1 Å². The molecule has 0 saturated heterocycles. The highest BCUT2D eigenvalue weighted by Crippen LogP contribution is 2.31. The summed E-state index contributed by atoms with van der Waals surface area (Å²) < 4.78 is 65.7. The van der Waals surface area contributed by atoms with Gasteiger partial charge in [0.1, 0.15) is 0 Å². The van der Waals surface area contributed by atoms with E-state index in [1.165, 1.54) is 35.2 Å². The molecular formula is C22H20F3N3O3S. The SMILES string of the molecule is CN(CCc1ccccn1)C(=O)c1ccc(S(=O)(=O)Nc2cccc(C(F)(F)F)c2)cc1. The van der Waals surface area contributed by atoms with E-state index >= 15 is 0 Å². The Hall–Kier alpha value is -3.40. The highest BCUT2D eigenvalue weighted by molar-refractivity contribution is 7.92. The summed E-state index contributed by atoms with van der Waals surface area (Å²) in [5.74, 6) is -0.296. The first kappa shape index (κ1) is 23.3. The fourth-order valence-electron chi connectivity index (χ4n) is 2.90. The van der Waals surface area contributed by atoms with Gasteiger partial charge in [0.15, 0.2) is 0 Å². The van der Waals surface area contributed by atoms with Crippen LogP contribution in [-0.2, 0) is 22.6 Å². The van der Waals surface area contributed by atoms with E-state index in [4.69, 9.17) is 0 Å². The van der Waals surface area contributed by atoms with E-state index in [2.05, 4.69) is 9.71 Å². The van der Waals surface area contributed by atoms with Crippen LogP contribution in [-0.4, -0.2) is 37.8 Å². The minimum absolute atomic E-state index is 0.178. The number of pyridine rings is 1. The third-order valence-electron chi connectivity index (χ3n) is 4.63. The molecule has 6 nitrogen and oxygen atoms in total. The molecule has 0 spiro atoms. The van der Waals surface area contributed by atoms with Gasteiger partial charge in [0.05, 0.1) is 10.5 Å². The monoisotopic (exact) mass is 463 g/mol. The quantitative estimate of drug-likeness (QED) is 0.569. The third kappa shape index (κ3) is 5.85. The summed E-state index contributed by atoms with van der Waals surface area (Å²) in [6.45, 7) is 0.424. The van der Waals surface area contributed by atoms with Crippen LogP contribution in [0.2, 0.25) is 0 Å². The number of hydrogen-bond acceptors (Lipinski definition) is 4. The zero-order chi connectivity index (χ0) is 23.4. The van der Waals surface area contributed by atoms with Crippen LogP contribution < -0.4 is 4.72 Å². The Bertz CT molecular complexity index is 1180. The summed E-state index contributed by atoms with van der Waals surface area (Å²) >= 11 is 0. The van der Waals surface area contributed by atoms with Gasteiger partial charge in [-0.2, -0.15) is 13.2 Å². The third-order valence-corrected chi connectivity index (χ3v) is 6.03. The summed E-state index contributed by atoms with van der Waals surface area (Å²) in [7, 11) is -2.50. The van der Waals surface area contributed by atoms with Crippen molar-refractivity contribution >= 4 is 21.6 Å². The number of likely N-dealkylation sites (N-methyl/N-ethyl adjacent to an activating group) is 1. The summed E-state index contributed by atoms with van der Waals surface area (Å²) in [5.41, 5.74) is -0.0533. The van der Waals surface area contributed by atoms with Crippen LogP contribution in [0.25, 0.3) is 0 Å². The van der Waals surface area contributed by atoms with Crippen molar-refractivity contribution in [2.75, 3.05) is 18.3 Å². The number of sulfonamides is 1. The lowest BCUT2D eigenvalue weighted by Crippen LogP contribution is -2.29. The Balaban J connectivity index is 1.68. The number of amides is 1. The number of carbonyl (C=O) groups excluding carboxylic acids is 1. The number of nitrogens with zero attached hydrogens (tertiary/aromatic N) is 2. The molecule has 1 aromatic heterocycles. The van der Waals surface area contributed by atoms with Crippen LogP contribution in [0, 0.1) is 0 Å². The van der Waals surface area contributed by atoms with E-state index in [0.29, 0.717) is 19.0 Å². The second kappa shape index (κ2) is 9.39. The van der Waals surface area contributed by atoms with Crippen LogP contribution in [0.1, 0.15) is 21.6 Å². The van der Waals surface area contributed by atoms with Gasteiger partial charge in [-0.25, -0.2) is 8.42 Å². The van der Waals surface area contributed by atoms with Gasteiger partial charge in [0.2, 0.25) is 0 Å². The molecule has 0 aliphatic heterocycles. The molecule has 0 unspecified atom stereocenters. The number of benzene rings is 2.